The van der Waals surface area contributed by atoms with Gasteiger partial charge in [0.05, 0.1) is 35.6 Å². The Hall–Kier alpha value is -2.18. The minimum absolute atomic E-state index is 0.0838. The van der Waals surface area contributed by atoms with Crippen LogP contribution in [0.1, 0.15) is 58.9 Å². The third-order valence-corrected chi connectivity index (χ3v) is 10.1. The molecule has 1 aromatic rings. The molecule has 3 fully saturated rings. The molecule has 170 valence electrons. The van der Waals surface area contributed by atoms with Crippen molar-refractivity contribution in [1.29, 1.82) is 0 Å². The number of epoxide rings is 1. The second-order valence-electron chi connectivity index (χ2n) is 11.7. The maximum absolute atomic E-state index is 14.1. The first-order chi connectivity index (χ1) is 14.9. The van der Waals surface area contributed by atoms with Crippen LogP contribution in [0.5, 0.6) is 0 Å². The number of furan rings is 1. The molecule has 1 saturated heterocycles. The van der Waals surface area contributed by atoms with Gasteiger partial charge >= 0.3 is 0 Å². The molecule has 3 unspecified atom stereocenters. The van der Waals surface area contributed by atoms with Gasteiger partial charge in [-0.1, -0.05) is 19.9 Å². The van der Waals surface area contributed by atoms with E-state index in [2.05, 4.69) is 6.92 Å². The summed E-state index contributed by atoms with van der Waals surface area (Å²) >= 11 is 0. The van der Waals surface area contributed by atoms with Crippen LogP contribution in [0.4, 0.5) is 0 Å². The molecule has 1 aromatic heterocycles. The summed E-state index contributed by atoms with van der Waals surface area (Å²) in [5, 5.41) is 23.1. The van der Waals surface area contributed by atoms with E-state index in [1.165, 1.54) is 0 Å². The number of rotatable bonds is 1. The van der Waals surface area contributed by atoms with Crippen molar-refractivity contribution in [1.82, 2.24) is 0 Å². The van der Waals surface area contributed by atoms with Gasteiger partial charge in [-0.2, -0.15) is 0 Å². The molecule has 0 aromatic carbocycles. The molecule has 5 aliphatic rings. The predicted octanol–water partition coefficient (Wildman–Crippen LogP) is 3.86. The highest BCUT2D eigenvalue weighted by molar-refractivity contribution is 6.06. The first kappa shape index (κ1) is 20.4. The molecule has 6 nitrogen and oxygen atoms in total. The zero-order valence-corrected chi connectivity index (χ0v) is 19.1. The van der Waals surface area contributed by atoms with Gasteiger partial charge in [-0.3, -0.25) is 9.59 Å². The molecule has 4 aliphatic carbocycles. The number of carbonyl (C=O) groups is 2. The average molecular weight is 439 g/mol. The van der Waals surface area contributed by atoms with E-state index in [1.807, 2.05) is 19.9 Å². The lowest BCUT2D eigenvalue weighted by molar-refractivity contribution is -0.187. The van der Waals surface area contributed by atoms with Crippen molar-refractivity contribution >= 4 is 11.6 Å². The van der Waals surface area contributed by atoms with Gasteiger partial charge < -0.3 is 19.4 Å². The molecule has 1 aliphatic heterocycles. The quantitative estimate of drug-likeness (QED) is 0.646. The minimum atomic E-state index is -1.13. The molecule has 32 heavy (non-hydrogen) atoms. The monoisotopic (exact) mass is 438 g/mol. The first-order valence-corrected chi connectivity index (χ1v) is 11.5. The number of ketones is 2. The predicted molar refractivity (Wildman–Crippen MR) is 115 cm³/mol. The van der Waals surface area contributed by atoms with E-state index in [4.69, 9.17) is 9.15 Å². The lowest BCUT2D eigenvalue weighted by Gasteiger charge is -2.63. The number of aliphatic hydroxyl groups is 2. The number of Topliss-reactive ketones (excluding diaryl/α,β-unsaturated/α-hetero) is 1. The molecule has 6 heteroatoms. The van der Waals surface area contributed by atoms with Crippen LogP contribution in [-0.2, 0) is 14.3 Å². The molecule has 8 atom stereocenters. The number of ether oxygens (including phenoxy) is 1. The van der Waals surface area contributed by atoms with Crippen molar-refractivity contribution in [3.05, 3.63) is 47.6 Å². The fraction of sp³-hybridized carbons (Fsp3) is 0.615. The Kier molecular flexibility index (Phi) is 3.50. The minimum Gasteiger partial charge on any atom is -0.504 e. The zero-order valence-electron chi connectivity index (χ0n) is 19.1. The van der Waals surface area contributed by atoms with Crippen molar-refractivity contribution in [2.75, 3.05) is 0 Å². The number of fused-ring (bicyclic) bond motifs is 3. The lowest BCUT2D eigenvalue weighted by atomic mass is 9.38. The summed E-state index contributed by atoms with van der Waals surface area (Å²) in [7, 11) is 0. The van der Waals surface area contributed by atoms with Crippen LogP contribution in [0.15, 0.2) is 46.5 Å². The Morgan fingerprint density at radius 3 is 2.50 bits per heavy atom. The molecular formula is C26H30O6. The van der Waals surface area contributed by atoms with Crippen LogP contribution >= 0.6 is 0 Å². The number of hydrogen-bond acceptors (Lipinski definition) is 6. The topological polar surface area (TPSA) is 100 Å². The van der Waals surface area contributed by atoms with Gasteiger partial charge in [0, 0.05) is 16.7 Å². The fourth-order valence-corrected chi connectivity index (χ4v) is 8.95. The lowest BCUT2D eigenvalue weighted by Crippen LogP contribution is -2.70. The van der Waals surface area contributed by atoms with E-state index in [-0.39, 0.29) is 23.6 Å². The Bertz CT molecular complexity index is 1130. The zero-order chi connectivity index (χ0) is 23.1. The van der Waals surface area contributed by atoms with Gasteiger partial charge in [0.15, 0.2) is 11.5 Å². The molecule has 1 spiro atoms. The molecule has 0 bridgehead atoms. The first-order valence-electron chi connectivity index (χ1n) is 11.5. The number of hydrogen-bond donors (Lipinski definition) is 2. The summed E-state index contributed by atoms with van der Waals surface area (Å²) in [5.74, 6) is -1.33. The van der Waals surface area contributed by atoms with Gasteiger partial charge in [-0.15, -0.1) is 0 Å². The van der Waals surface area contributed by atoms with Crippen molar-refractivity contribution in [2.24, 2.45) is 27.6 Å². The largest absolute Gasteiger partial charge is 0.504 e. The smallest absolute Gasteiger partial charge is 0.206 e. The number of carbonyl (C=O) groups excluding carboxylic acids is 2. The summed E-state index contributed by atoms with van der Waals surface area (Å²) in [5.41, 5.74) is -2.82. The van der Waals surface area contributed by atoms with Gasteiger partial charge in [0.1, 0.15) is 5.60 Å². The van der Waals surface area contributed by atoms with Crippen molar-refractivity contribution in [3.8, 4) is 0 Å². The highest BCUT2D eigenvalue weighted by Crippen LogP contribution is 2.81. The van der Waals surface area contributed by atoms with Crippen LogP contribution in [0, 0.1) is 27.6 Å². The van der Waals surface area contributed by atoms with Crippen LogP contribution in [0.2, 0.25) is 0 Å². The highest BCUT2D eigenvalue weighted by Gasteiger charge is 2.88. The van der Waals surface area contributed by atoms with Gasteiger partial charge in [0.25, 0.3) is 0 Å². The Morgan fingerprint density at radius 2 is 1.84 bits per heavy atom. The van der Waals surface area contributed by atoms with Gasteiger partial charge in [-0.25, -0.2) is 0 Å². The van der Waals surface area contributed by atoms with E-state index in [0.29, 0.717) is 12.0 Å². The molecule has 0 radical (unpaired) electrons. The average Bonchev–Trinajstić information content (AvgIpc) is 3.08. The second-order valence-corrected chi connectivity index (χ2v) is 11.7. The van der Waals surface area contributed by atoms with Crippen LogP contribution in [-0.4, -0.2) is 39.6 Å². The SMILES string of the molecule is CC1(C)C(=O)C=C[C@@]2(C)C1=C(O)C(=O)[C@]1(C)[C@@H]2C(O)C[C@@]2(C)C(c3ccoc3)CC3O[C@]321. The third kappa shape index (κ3) is 1.82. The van der Waals surface area contributed by atoms with Crippen molar-refractivity contribution < 1.29 is 29.0 Å². The van der Waals surface area contributed by atoms with Gasteiger partial charge in [0.2, 0.25) is 5.78 Å². The fourth-order valence-electron chi connectivity index (χ4n) is 8.95. The molecule has 2 N–H and O–H groups in total. The third-order valence-electron chi connectivity index (χ3n) is 10.1. The van der Waals surface area contributed by atoms with Crippen LogP contribution in [0.25, 0.3) is 0 Å². The summed E-state index contributed by atoms with van der Waals surface area (Å²) in [6.07, 6.45) is 7.02. The van der Waals surface area contributed by atoms with Crippen LogP contribution in [0.3, 0.4) is 0 Å². The van der Waals surface area contributed by atoms with E-state index in [1.54, 1.807) is 38.5 Å². The van der Waals surface area contributed by atoms with E-state index >= 15 is 0 Å². The summed E-state index contributed by atoms with van der Waals surface area (Å²) in [4.78, 5) is 26.8. The second kappa shape index (κ2) is 5.48. The molecule has 6 rings (SSSR count). The molecule has 2 heterocycles. The van der Waals surface area contributed by atoms with Gasteiger partial charge in [-0.05, 0) is 62.8 Å². The molecule has 0 amide bonds. The highest BCUT2D eigenvalue weighted by atomic mass is 16.6. The number of aliphatic hydroxyl groups excluding tert-OH is 2. The maximum atomic E-state index is 14.1. The van der Waals surface area contributed by atoms with Crippen molar-refractivity contribution in [3.63, 3.8) is 0 Å². The van der Waals surface area contributed by atoms with E-state index in [9.17, 15) is 19.8 Å². The van der Waals surface area contributed by atoms with E-state index in [0.717, 1.165) is 12.0 Å². The van der Waals surface area contributed by atoms with Crippen molar-refractivity contribution in [2.45, 2.75) is 71.2 Å². The maximum Gasteiger partial charge on any atom is 0.206 e. The summed E-state index contributed by atoms with van der Waals surface area (Å²) < 4.78 is 11.8. The Labute approximate surface area is 187 Å². The normalized spacial score (nSPS) is 50.6. The Balaban J connectivity index is 1.60. The van der Waals surface area contributed by atoms with Crippen LogP contribution < -0.4 is 0 Å². The Morgan fingerprint density at radius 1 is 1.12 bits per heavy atom. The molecular weight excluding hydrogens is 408 g/mol. The summed E-state index contributed by atoms with van der Waals surface area (Å²) in [6, 6.07) is 1.95. The number of allylic oxidation sites excluding steroid dienone is 4. The van der Waals surface area contributed by atoms with E-state index < -0.39 is 45.1 Å². The standard InChI is InChI=1S/C26H30O6/c1-22(2)16(28)6-8-23(3)19-15(27)11-24(4)14(13-7-9-31-12-13)10-17-26(24,32-17)25(19,5)21(30)18(29)20(22)23/h6-9,12,14-15,17,19,27,29H,10-11H2,1-5H3/t14?,15?,17?,19-,23-,24+,25+,26-/m1/s1. The summed E-state index contributed by atoms with van der Waals surface area (Å²) in [6.45, 7) is 9.42. The molecule has 2 saturated carbocycles.